The molecule has 2 unspecified atom stereocenters. The topological polar surface area (TPSA) is 63.6 Å². The van der Waals surface area contributed by atoms with Crippen molar-refractivity contribution in [2.45, 2.75) is 75.5 Å². The highest BCUT2D eigenvalue weighted by Crippen LogP contribution is 2.64. The van der Waals surface area contributed by atoms with Crippen molar-refractivity contribution in [2.24, 2.45) is 29.6 Å². The molecule has 0 aliphatic heterocycles. The number of aliphatic carboxylic acids is 1. The molecule has 7 rings (SSSR count). The molecule has 0 saturated heterocycles. The second-order valence-electron chi connectivity index (χ2n) is 11.2. The van der Waals surface area contributed by atoms with Gasteiger partial charge in [0, 0.05) is 16.9 Å². The fraction of sp³-hybridized carbons (Fsp3) is 0.692. The minimum atomic E-state index is -0.954. The number of carboxylic acid groups (broad SMARTS) is 1. The molecule has 1 aromatic carbocycles. The highest BCUT2D eigenvalue weighted by molar-refractivity contribution is 6.01. The third-order valence-electron chi connectivity index (χ3n) is 9.24. The number of carboxylic acids is 1. The zero-order valence-electron chi connectivity index (χ0n) is 18.2. The second kappa shape index (κ2) is 6.79. The zero-order valence-corrected chi connectivity index (χ0v) is 18.2. The molecule has 166 valence electrons. The molecule has 0 amide bonds. The first kappa shape index (κ1) is 19.8. The van der Waals surface area contributed by atoms with Gasteiger partial charge in [0.25, 0.3) is 0 Å². The molecule has 31 heavy (non-hydrogen) atoms. The van der Waals surface area contributed by atoms with Crippen molar-refractivity contribution in [1.29, 1.82) is 0 Å². The van der Waals surface area contributed by atoms with Gasteiger partial charge in [0.15, 0.2) is 17.3 Å². The summed E-state index contributed by atoms with van der Waals surface area (Å²) >= 11 is 0. The summed E-state index contributed by atoms with van der Waals surface area (Å²) in [7, 11) is 1.52. The zero-order chi connectivity index (χ0) is 21.5. The lowest BCUT2D eigenvalue weighted by molar-refractivity contribution is -0.146. The molecule has 6 fully saturated rings. The molecule has 0 spiro atoms. The molecule has 6 aliphatic carbocycles. The Morgan fingerprint density at radius 2 is 1.58 bits per heavy atom. The summed E-state index contributed by atoms with van der Waals surface area (Å²) in [6, 6.07) is 1.81. The van der Waals surface area contributed by atoms with Crippen LogP contribution in [-0.2, 0) is 10.2 Å². The molecule has 4 bridgehead atoms. The Bertz CT molecular complexity index is 927. The van der Waals surface area contributed by atoms with E-state index >= 15 is 4.39 Å². The molecule has 6 aliphatic rings. The van der Waals surface area contributed by atoms with Gasteiger partial charge in [-0.05, 0) is 99.5 Å². The first-order chi connectivity index (χ1) is 14.9. The van der Waals surface area contributed by atoms with E-state index in [1.165, 1.54) is 26.4 Å². The van der Waals surface area contributed by atoms with Crippen LogP contribution in [0, 0.1) is 35.4 Å². The van der Waals surface area contributed by atoms with Gasteiger partial charge in [-0.15, -0.1) is 0 Å². The molecule has 5 heteroatoms. The molecular weight excluding hydrogens is 395 g/mol. The van der Waals surface area contributed by atoms with Crippen LogP contribution >= 0.6 is 0 Å². The van der Waals surface area contributed by atoms with Crippen molar-refractivity contribution >= 4 is 11.8 Å². The molecule has 2 atom stereocenters. The third-order valence-corrected chi connectivity index (χ3v) is 9.24. The summed E-state index contributed by atoms with van der Waals surface area (Å²) in [5.74, 6) is -0.311. The number of Topliss-reactive ketones (excluding diaryl/α,β-unsaturated/α-hetero) is 1. The lowest BCUT2D eigenvalue weighted by Crippen LogP contribution is -2.49. The number of ketones is 1. The maximum Gasteiger partial charge on any atom is 0.307 e. The minimum absolute atomic E-state index is 0.0134. The molecule has 4 nitrogen and oxygen atoms in total. The largest absolute Gasteiger partial charge is 0.493 e. The van der Waals surface area contributed by atoms with Crippen molar-refractivity contribution in [2.75, 3.05) is 7.11 Å². The van der Waals surface area contributed by atoms with E-state index < -0.39 is 23.6 Å². The van der Waals surface area contributed by atoms with E-state index in [-0.39, 0.29) is 22.5 Å². The highest BCUT2D eigenvalue weighted by Gasteiger charge is 2.54. The number of carbonyl (C=O) groups excluding carboxylic acids is 1. The Hall–Kier alpha value is -1.91. The Balaban J connectivity index is 1.47. The van der Waals surface area contributed by atoms with E-state index in [4.69, 9.17) is 4.74 Å². The van der Waals surface area contributed by atoms with Crippen molar-refractivity contribution in [3.63, 3.8) is 0 Å². The van der Waals surface area contributed by atoms with Gasteiger partial charge in [-0.1, -0.05) is 0 Å². The van der Waals surface area contributed by atoms with Gasteiger partial charge in [-0.2, -0.15) is 0 Å². The Morgan fingerprint density at radius 3 is 2.03 bits per heavy atom. The molecular formula is C26H31FO4. The van der Waals surface area contributed by atoms with Crippen LogP contribution in [0.4, 0.5) is 4.39 Å². The fourth-order valence-corrected chi connectivity index (χ4v) is 8.01. The van der Waals surface area contributed by atoms with Crippen molar-refractivity contribution in [1.82, 2.24) is 0 Å². The van der Waals surface area contributed by atoms with Crippen LogP contribution in [-0.4, -0.2) is 24.0 Å². The first-order valence-corrected chi connectivity index (χ1v) is 12.1. The second-order valence-corrected chi connectivity index (χ2v) is 11.2. The van der Waals surface area contributed by atoms with Gasteiger partial charge in [-0.25, -0.2) is 4.39 Å². The lowest BCUT2D eigenvalue weighted by Gasteiger charge is -2.57. The summed E-state index contributed by atoms with van der Waals surface area (Å²) in [6.07, 6.45) is 10.5. The summed E-state index contributed by atoms with van der Waals surface area (Å²) in [6.45, 7) is 0. The Kier molecular flexibility index (Phi) is 4.33. The van der Waals surface area contributed by atoms with Gasteiger partial charge in [0.2, 0.25) is 0 Å². The van der Waals surface area contributed by atoms with Gasteiger partial charge in [-0.3, -0.25) is 9.59 Å². The van der Waals surface area contributed by atoms with Crippen LogP contribution in [0.5, 0.6) is 5.75 Å². The standard InChI is InChI=1S/C26H31FO4/c1-31-24-21(26-10-13-6-14(11-26)8-15(7-13)12-26)19(16-2-3-16)9-20(22(24)27)23(28)17-4-5-18(17)25(29)30/h9,13-18H,2-8,10-12H2,1H3,(H,29,30). The van der Waals surface area contributed by atoms with Gasteiger partial charge < -0.3 is 9.84 Å². The molecule has 0 heterocycles. The predicted octanol–water partition coefficient (Wildman–Crippen LogP) is 5.47. The fourth-order valence-electron chi connectivity index (χ4n) is 8.01. The monoisotopic (exact) mass is 426 g/mol. The van der Waals surface area contributed by atoms with Crippen LogP contribution in [0.15, 0.2) is 6.07 Å². The first-order valence-electron chi connectivity index (χ1n) is 12.1. The Morgan fingerprint density at radius 1 is 1.00 bits per heavy atom. The number of hydrogen-bond donors (Lipinski definition) is 1. The van der Waals surface area contributed by atoms with Crippen molar-refractivity contribution in [3.05, 3.63) is 28.6 Å². The van der Waals surface area contributed by atoms with Gasteiger partial charge in [0.05, 0.1) is 18.6 Å². The van der Waals surface area contributed by atoms with Crippen molar-refractivity contribution in [3.8, 4) is 5.75 Å². The normalized spacial score (nSPS) is 38.1. The number of methoxy groups -OCH3 is 1. The average molecular weight is 427 g/mol. The van der Waals surface area contributed by atoms with Crippen LogP contribution in [0.3, 0.4) is 0 Å². The lowest BCUT2D eigenvalue weighted by atomic mass is 9.47. The quantitative estimate of drug-likeness (QED) is 0.613. The smallest absolute Gasteiger partial charge is 0.307 e. The van der Waals surface area contributed by atoms with E-state index in [0.717, 1.165) is 61.0 Å². The number of hydrogen-bond acceptors (Lipinski definition) is 3. The van der Waals surface area contributed by atoms with E-state index in [0.29, 0.717) is 18.8 Å². The third kappa shape index (κ3) is 2.91. The summed E-state index contributed by atoms with van der Waals surface area (Å²) in [5.41, 5.74) is 2.23. The van der Waals surface area contributed by atoms with Crippen LogP contribution in [0.25, 0.3) is 0 Å². The van der Waals surface area contributed by atoms with Gasteiger partial charge >= 0.3 is 5.97 Å². The Labute approximate surface area is 182 Å². The van der Waals surface area contributed by atoms with Crippen LogP contribution < -0.4 is 4.74 Å². The van der Waals surface area contributed by atoms with E-state index in [9.17, 15) is 14.7 Å². The van der Waals surface area contributed by atoms with Crippen LogP contribution in [0.2, 0.25) is 0 Å². The van der Waals surface area contributed by atoms with E-state index in [1.54, 1.807) is 0 Å². The molecule has 0 radical (unpaired) electrons. The van der Waals surface area contributed by atoms with Gasteiger partial charge in [0.1, 0.15) is 0 Å². The molecule has 1 N–H and O–H groups in total. The number of ether oxygens (including phenoxy) is 1. The molecule has 0 aromatic heterocycles. The summed E-state index contributed by atoms with van der Waals surface area (Å²) in [4.78, 5) is 24.7. The minimum Gasteiger partial charge on any atom is -0.493 e. The molecule has 1 aromatic rings. The number of carbonyl (C=O) groups is 2. The van der Waals surface area contributed by atoms with E-state index in [1.807, 2.05) is 6.07 Å². The summed E-state index contributed by atoms with van der Waals surface area (Å²) < 4.78 is 21.6. The maximum absolute atomic E-state index is 15.9. The SMILES string of the molecule is COc1c(F)c(C(=O)C2CCC2C(=O)O)cc(C2CC2)c1C12CC3CC(CC(C3)C1)C2. The van der Waals surface area contributed by atoms with Crippen LogP contribution in [0.1, 0.15) is 91.6 Å². The molecule has 6 saturated carbocycles. The average Bonchev–Trinajstić information content (AvgIpc) is 3.50. The summed E-state index contributed by atoms with van der Waals surface area (Å²) in [5, 5.41) is 9.39. The van der Waals surface area contributed by atoms with E-state index in [2.05, 4.69) is 0 Å². The number of rotatable bonds is 6. The maximum atomic E-state index is 15.9. The number of benzene rings is 1. The predicted molar refractivity (Wildman–Crippen MR) is 113 cm³/mol. The number of halogens is 1. The van der Waals surface area contributed by atoms with Crippen molar-refractivity contribution < 1.29 is 23.8 Å². The highest BCUT2D eigenvalue weighted by atomic mass is 19.1.